The maximum absolute atomic E-state index is 12.6. The molecule has 0 spiro atoms. The number of H-pyrrole nitrogens is 1. The molecule has 5 nitrogen and oxygen atoms in total. The number of hydrogen-bond donors (Lipinski definition) is 1. The van der Waals surface area contributed by atoms with E-state index in [9.17, 15) is 4.79 Å². The fourth-order valence-electron chi connectivity index (χ4n) is 2.48. The van der Waals surface area contributed by atoms with Crippen LogP contribution in [-0.2, 0) is 0 Å². The fourth-order valence-corrected chi connectivity index (χ4v) is 2.97. The highest BCUT2D eigenvalue weighted by molar-refractivity contribution is 9.10. The smallest absolute Gasteiger partial charge is 0.298 e. The van der Waals surface area contributed by atoms with Gasteiger partial charge in [0.15, 0.2) is 0 Å². The average Bonchev–Trinajstić information content (AvgIpc) is 2.95. The standard InChI is InChI=1S/C17H10BrClN4O/c18-11-3-6-14-13(7-11)15-16(22-14)17(24)23(9-20-15)21-8-10-1-4-12(19)5-2-10/h1-9,22H/b21-8+. The van der Waals surface area contributed by atoms with E-state index in [0.29, 0.717) is 16.1 Å². The molecule has 2 heterocycles. The second-order valence-corrected chi connectivity index (χ2v) is 6.58. The number of aromatic amines is 1. The minimum absolute atomic E-state index is 0.252. The third-order valence-electron chi connectivity index (χ3n) is 3.65. The molecule has 0 saturated heterocycles. The van der Waals surface area contributed by atoms with Crippen LogP contribution in [-0.4, -0.2) is 20.9 Å². The zero-order valence-electron chi connectivity index (χ0n) is 12.2. The van der Waals surface area contributed by atoms with Crippen molar-refractivity contribution in [2.45, 2.75) is 0 Å². The van der Waals surface area contributed by atoms with Gasteiger partial charge in [-0.05, 0) is 35.9 Å². The van der Waals surface area contributed by atoms with E-state index in [4.69, 9.17) is 11.6 Å². The summed E-state index contributed by atoms with van der Waals surface area (Å²) in [7, 11) is 0. The van der Waals surface area contributed by atoms with Crippen molar-refractivity contribution in [2.75, 3.05) is 0 Å². The number of nitrogens with zero attached hydrogens (tertiary/aromatic N) is 3. The van der Waals surface area contributed by atoms with E-state index in [1.54, 1.807) is 18.3 Å². The van der Waals surface area contributed by atoms with Crippen molar-refractivity contribution in [3.8, 4) is 0 Å². The lowest BCUT2D eigenvalue weighted by atomic mass is 10.2. The van der Waals surface area contributed by atoms with Crippen LogP contribution in [0.25, 0.3) is 21.9 Å². The van der Waals surface area contributed by atoms with Gasteiger partial charge in [-0.15, -0.1) is 0 Å². The van der Waals surface area contributed by atoms with E-state index in [2.05, 4.69) is 31.0 Å². The Balaban J connectivity index is 1.82. The molecule has 24 heavy (non-hydrogen) atoms. The number of hydrogen-bond acceptors (Lipinski definition) is 3. The molecule has 4 aromatic rings. The van der Waals surface area contributed by atoms with Crippen LogP contribution in [0.15, 0.2) is 63.2 Å². The Kier molecular flexibility index (Phi) is 3.70. The lowest BCUT2D eigenvalue weighted by Crippen LogP contribution is -2.17. The van der Waals surface area contributed by atoms with Gasteiger partial charge in [0.1, 0.15) is 17.4 Å². The third-order valence-corrected chi connectivity index (χ3v) is 4.40. The first kappa shape index (κ1) is 15.1. The van der Waals surface area contributed by atoms with E-state index in [-0.39, 0.29) is 5.56 Å². The Morgan fingerprint density at radius 3 is 2.79 bits per heavy atom. The Hall–Kier alpha value is -2.44. The molecule has 0 amide bonds. The zero-order chi connectivity index (χ0) is 16.7. The van der Waals surface area contributed by atoms with E-state index in [1.807, 2.05) is 30.3 Å². The first-order valence-electron chi connectivity index (χ1n) is 7.10. The van der Waals surface area contributed by atoms with Crippen LogP contribution in [0.3, 0.4) is 0 Å². The SMILES string of the molecule is O=c1c2[nH]c3ccc(Br)cc3c2ncn1/N=C/c1ccc(Cl)cc1. The van der Waals surface area contributed by atoms with Crippen LogP contribution in [0.5, 0.6) is 0 Å². The fraction of sp³-hybridized carbons (Fsp3) is 0. The Labute approximate surface area is 149 Å². The van der Waals surface area contributed by atoms with Crippen LogP contribution in [0, 0.1) is 0 Å². The summed E-state index contributed by atoms with van der Waals surface area (Å²) in [6.45, 7) is 0. The summed E-state index contributed by atoms with van der Waals surface area (Å²) >= 11 is 9.29. The highest BCUT2D eigenvalue weighted by Gasteiger charge is 2.10. The molecule has 0 fully saturated rings. The largest absolute Gasteiger partial charge is 0.349 e. The molecule has 118 valence electrons. The first-order valence-corrected chi connectivity index (χ1v) is 8.27. The number of aromatic nitrogens is 3. The number of nitrogens with one attached hydrogen (secondary N) is 1. The minimum Gasteiger partial charge on any atom is -0.349 e. The molecule has 0 bridgehead atoms. The minimum atomic E-state index is -0.252. The molecule has 1 N–H and O–H groups in total. The van der Waals surface area contributed by atoms with Crippen LogP contribution in [0.2, 0.25) is 5.02 Å². The van der Waals surface area contributed by atoms with Gasteiger partial charge >= 0.3 is 0 Å². The summed E-state index contributed by atoms with van der Waals surface area (Å²) < 4.78 is 2.14. The zero-order valence-corrected chi connectivity index (χ0v) is 14.5. The molecule has 0 saturated carbocycles. The summed E-state index contributed by atoms with van der Waals surface area (Å²) in [5.41, 5.74) is 2.51. The van der Waals surface area contributed by atoms with Crippen molar-refractivity contribution in [1.82, 2.24) is 14.6 Å². The highest BCUT2D eigenvalue weighted by Crippen LogP contribution is 2.24. The maximum atomic E-state index is 12.6. The molecule has 0 unspecified atom stereocenters. The van der Waals surface area contributed by atoms with Crippen LogP contribution in [0.1, 0.15) is 5.56 Å². The number of halogens is 2. The van der Waals surface area contributed by atoms with Crippen molar-refractivity contribution in [1.29, 1.82) is 0 Å². The Morgan fingerprint density at radius 2 is 2.00 bits per heavy atom. The van der Waals surface area contributed by atoms with Crippen molar-refractivity contribution < 1.29 is 0 Å². The van der Waals surface area contributed by atoms with Crippen LogP contribution in [0.4, 0.5) is 0 Å². The third kappa shape index (κ3) is 2.64. The lowest BCUT2D eigenvalue weighted by molar-refractivity contribution is 0.815. The van der Waals surface area contributed by atoms with Gasteiger partial charge in [-0.25, -0.2) is 4.98 Å². The van der Waals surface area contributed by atoms with E-state index in [0.717, 1.165) is 20.9 Å². The molecule has 2 aromatic carbocycles. The van der Waals surface area contributed by atoms with Gasteiger partial charge in [0, 0.05) is 20.4 Å². The van der Waals surface area contributed by atoms with Gasteiger partial charge in [0.2, 0.25) is 0 Å². The molecule has 4 rings (SSSR count). The molecule has 7 heteroatoms. The lowest BCUT2D eigenvalue weighted by Gasteiger charge is -1.98. The second-order valence-electron chi connectivity index (χ2n) is 5.23. The van der Waals surface area contributed by atoms with Crippen LogP contribution >= 0.6 is 27.5 Å². The molecule has 0 atom stereocenters. The van der Waals surface area contributed by atoms with E-state index in [1.165, 1.54) is 11.0 Å². The normalized spacial score (nSPS) is 11.8. The van der Waals surface area contributed by atoms with E-state index >= 15 is 0 Å². The molecule has 0 aliphatic heterocycles. The summed E-state index contributed by atoms with van der Waals surface area (Å²) in [5.74, 6) is 0. The Bertz CT molecular complexity index is 1150. The van der Waals surface area contributed by atoms with E-state index < -0.39 is 0 Å². The quantitative estimate of drug-likeness (QED) is 0.512. The first-order chi connectivity index (χ1) is 11.6. The van der Waals surface area contributed by atoms with Gasteiger partial charge in [0.05, 0.1) is 6.21 Å². The van der Waals surface area contributed by atoms with Gasteiger partial charge in [-0.2, -0.15) is 9.78 Å². The predicted octanol–water partition coefficient (Wildman–Crippen LogP) is 4.18. The summed E-state index contributed by atoms with van der Waals surface area (Å²) in [6, 6.07) is 12.9. The molecular weight excluding hydrogens is 392 g/mol. The van der Waals surface area contributed by atoms with Gasteiger partial charge in [0.25, 0.3) is 5.56 Å². The van der Waals surface area contributed by atoms with Gasteiger partial charge in [-0.3, -0.25) is 4.79 Å². The second kappa shape index (κ2) is 5.89. The van der Waals surface area contributed by atoms with Crippen LogP contribution < -0.4 is 5.56 Å². The monoisotopic (exact) mass is 400 g/mol. The van der Waals surface area contributed by atoms with Crippen molar-refractivity contribution in [3.05, 3.63) is 74.2 Å². The van der Waals surface area contributed by atoms with Gasteiger partial charge in [-0.1, -0.05) is 39.7 Å². The highest BCUT2D eigenvalue weighted by atomic mass is 79.9. The number of fused-ring (bicyclic) bond motifs is 3. The molecule has 0 aliphatic carbocycles. The summed E-state index contributed by atoms with van der Waals surface area (Å²) in [6.07, 6.45) is 3.01. The molecule has 0 aliphatic rings. The van der Waals surface area contributed by atoms with Crippen molar-refractivity contribution in [2.24, 2.45) is 5.10 Å². The summed E-state index contributed by atoms with van der Waals surface area (Å²) in [5, 5.41) is 5.73. The van der Waals surface area contributed by atoms with Crippen molar-refractivity contribution in [3.63, 3.8) is 0 Å². The number of benzene rings is 2. The molecular formula is C17H10BrClN4O. The van der Waals surface area contributed by atoms with Crippen molar-refractivity contribution >= 4 is 55.7 Å². The summed E-state index contributed by atoms with van der Waals surface area (Å²) in [4.78, 5) is 20.1. The van der Waals surface area contributed by atoms with Gasteiger partial charge < -0.3 is 4.98 Å². The average molecular weight is 402 g/mol. The number of rotatable bonds is 2. The molecule has 0 radical (unpaired) electrons. The topological polar surface area (TPSA) is 63.0 Å². The Morgan fingerprint density at radius 1 is 1.21 bits per heavy atom. The predicted molar refractivity (Wildman–Crippen MR) is 100 cm³/mol. The molecule has 2 aromatic heterocycles. The maximum Gasteiger partial charge on any atom is 0.298 e.